The van der Waals surface area contributed by atoms with Crippen LogP contribution in [0.3, 0.4) is 0 Å². The minimum atomic E-state index is -0.712. The molecule has 7 heteroatoms. The summed E-state index contributed by atoms with van der Waals surface area (Å²) in [6.07, 6.45) is 0.646. The smallest absolute Gasteiger partial charge is 0.411 e. The third kappa shape index (κ3) is 5.47. The number of anilines is 1. The van der Waals surface area contributed by atoms with E-state index in [9.17, 15) is 14.4 Å². The Hall–Kier alpha value is -2.57. The highest BCUT2D eigenvalue weighted by Crippen LogP contribution is 2.22. The van der Waals surface area contributed by atoms with E-state index in [0.29, 0.717) is 25.1 Å². The van der Waals surface area contributed by atoms with Gasteiger partial charge in [-0.15, -0.1) is 0 Å². The van der Waals surface area contributed by atoms with Gasteiger partial charge in [-0.05, 0) is 52.2 Å². The summed E-state index contributed by atoms with van der Waals surface area (Å²) in [5, 5.41) is 2.70. The fourth-order valence-corrected chi connectivity index (χ4v) is 2.68. The number of esters is 1. The maximum Gasteiger partial charge on any atom is 0.411 e. The Morgan fingerprint density at radius 1 is 1.23 bits per heavy atom. The number of para-hydroxylation sites is 1. The maximum absolute atomic E-state index is 12.3. The first-order chi connectivity index (χ1) is 12.2. The molecule has 7 nitrogen and oxygen atoms in total. The molecule has 0 aliphatic carbocycles. The Balaban J connectivity index is 1.87. The molecule has 0 unspecified atom stereocenters. The van der Waals surface area contributed by atoms with Crippen LogP contribution < -0.4 is 5.32 Å². The van der Waals surface area contributed by atoms with Crippen molar-refractivity contribution in [2.75, 3.05) is 18.5 Å². The largest absolute Gasteiger partial charge is 0.454 e. The van der Waals surface area contributed by atoms with Crippen molar-refractivity contribution in [3.63, 3.8) is 0 Å². The second-order valence-electron chi connectivity index (χ2n) is 7.30. The van der Waals surface area contributed by atoms with E-state index in [1.165, 1.54) is 4.90 Å². The fourth-order valence-electron chi connectivity index (χ4n) is 2.68. The van der Waals surface area contributed by atoms with Gasteiger partial charge >= 0.3 is 12.1 Å². The van der Waals surface area contributed by atoms with Gasteiger partial charge in [-0.3, -0.25) is 9.69 Å². The van der Waals surface area contributed by atoms with Crippen molar-refractivity contribution in [2.24, 2.45) is 0 Å². The van der Waals surface area contributed by atoms with Crippen molar-refractivity contribution in [1.29, 1.82) is 0 Å². The highest BCUT2D eigenvalue weighted by molar-refractivity contribution is 5.94. The van der Waals surface area contributed by atoms with Gasteiger partial charge in [0.05, 0.1) is 0 Å². The number of hydrogen-bond acceptors (Lipinski definition) is 5. The molecule has 0 aromatic heterocycles. The van der Waals surface area contributed by atoms with Crippen LogP contribution in [0.25, 0.3) is 0 Å². The second-order valence-corrected chi connectivity index (χ2v) is 7.30. The number of carbonyl (C=O) groups excluding carboxylic acids is 3. The zero-order chi connectivity index (χ0) is 19.3. The molecule has 1 aromatic carbocycles. The van der Waals surface area contributed by atoms with Crippen molar-refractivity contribution in [1.82, 2.24) is 4.90 Å². The topological polar surface area (TPSA) is 84.9 Å². The molecule has 0 spiro atoms. The molecule has 1 aliphatic heterocycles. The molecule has 0 bridgehead atoms. The van der Waals surface area contributed by atoms with E-state index >= 15 is 0 Å². The molecule has 1 fully saturated rings. The predicted octanol–water partition coefficient (Wildman–Crippen LogP) is 2.88. The molecule has 1 heterocycles. The number of rotatable bonds is 4. The van der Waals surface area contributed by atoms with Crippen molar-refractivity contribution in [2.45, 2.75) is 52.2 Å². The van der Waals surface area contributed by atoms with Crippen molar-refractivity contribution >= 4 is 23.7 Å². The third-order valence-corrected chi connectivity index (χ3v) is 3.92. The monoisotopic (exact) mass is 362 g/mol. The van der Waals surface area contributed by atoms with E-state index in [4.69, 9.17) is 9.47 Å². The fraction of sp³-hybridized carbons (Fsp3) is 0.526. The highest BCUT2D eigenvalue weighted by Gasteiger charge is 2.37. The molecule has 2 rings (SSSR count). The molecule has 1 aromatic rings. The summed E-state index contributed by atoms with van der Waals surface area (Å²) < 4.78 is 10.4. The van der Waals surface area contributed by atoms with Gasteiger partial charge in [0.25, 0.3) is 5.91 Å². The van der Waals surface area contributed by atoms with E-state index in [1.807, 2.05) is 25.1 Å². The summed E-state index contributed by atoms with van der Waals surface area (Å²) >= 11 is 0. The standard InChI is InChI=1S/C19H26N2O5/c1-13-8-5-6-9-14(13)20-16(22)12-25-17(23)15-10-7-11-21(15)18(24)26-19(2,3)4/h5-6,8-9,15H,7,10-12H2,1-4H3,(H,20,22)/t15-/m0/s1. The zero-order valence-corrected chi connectivity index (χ0v) is 15.7. The molecular formula is C19H26N2O5. The first-order valence-corrected chi connectivity index (χ1v) is 8.69. The number of benzene rings is 1. The van der Waals surface area contributed by atoms with E-state index < -0.39 is 36.2 Å². The highest BCUT2D eigenvalue weighted by atomic mass is 16.6. The SMILES string of the molecule is Cc1ccccc1NC(=O)COC(=O)[C@@H]1CCCN1C(=O)OC(C)(C)C. The van der Waals surface area contributed by atoms with Gasteiger partial charge in [-0.25, -0.2) is 9.59 Å². The molecule has 0 saturated carbocycles. The van der Waals surface area contributed by atoms with Crippen molar-refractivity contribution in [3.8, 4) is 0 Å². The van der Waals surface area contributed by atoms with Crippen LogP contribution in [0, 0.1) is 6.92 Å². The van der Waals surface area contributed by atoms with E-state index in [1.54, 1.807) is 26.8 Å². The minimum absolute atomic E-state index is 0.397. The first-order valence-electron chi connectivity index (χ1n) is 8.69. The van der Waals surface area contributed by atoms with Crippen LogP contribution in [0.1, 0.15) is 39.2 Å². The number of amides is 2. The lowest BCUT2D eigenvalue weighted by Crippen LogP contribution is -2.44. The van der Waals surface area contributed by atoms with Gasteiger partial charge in [-0.2, -0.15) is 0 Å². The maximum atomic E-state index is 12.3. The molecule has 1 saturated heterocycles. The molecule has 0 radical (unpaired) electrons. The number of hydrogen-bond donors (Lipinski definition) is 1. The molecule has 1 N–H and O–H groups in total. The second kappa shape index (κ2) is 8.21. The summed E-state index contributed by atoms with van der Waals surface area (Å²) in [6, 6.07) is 6.62. The normalized spacial score (nSPS) is 16.9. The number of nitrogens with one attached hydrogen (secondary N) is 1. The zero-order valence-electron chi connectivity index (χ0n) is 15.7. The number of carbonyl (C=O) groups is 3. The van der Waals surface area contributed by atoms with Crippen LogP contribution in [-0.2, 0) is 19.1 Å². The molecule has 26 heavy (non-hydrogen) atoms. The third-order valence-electron chi connectivity index (χ3n) is 3.92. The van der Waals surface area contributed by atoms with Crippen molar-refractivity contribution in [3.05, 3.63) is 29.8 Å². The molecule has 2 amide bonds. The summed E-state index contributed by atoms with van der Waals surface area (Å²) in [5.74, 6) is -1.01. The lowest BCUT2D eigenvalue weighted by Gasteiger charge is -2.27. The van der Waals surface area contributed by atoms with Gasteiger partial charge in [0.1, 0.15) is 11.6 Å². The molecular weight excluding hydrogens is 336 g/mol. The number of nitrogens with zero attached hydrogens (tertiary/aromatic N) is 1. The number of aryl methyl sites for hydroxylation is 1. The minimum Gasteiger partial charge on any atom is -0.454 e. The van der Waals surface area contributed by atoms with Crippen LogP contribution in [0.15, 0.2) is 24.3 Å². The van der Waals surface area contributed by atoms with Crippen LogP contribution in [-0.4, -0.2) is 47.7 Å². The van der Waals surface area contributed by atoms with Crippen LogP contribution in [0.5, 0.6) is 0 Å². The molecule has 142 valence electrons. The summed E-state index contributed by atoms with van der Waals surface area (Å²) in [5.41, 5.74) is 0.950. The summed E-state index contributed by atoms with van der Waals surface area (Å²) in [6.45, 7) is 7.22. The van der Waals surface area contributed by atoms with E-state index in [2.05, 4.69) is 5.32 Å². The van der Waals surface area contributed by atoms with E-state index in [0.717, 1.165) is 5.56 Å². The van der Waals surface area contributed by atoms with Crippen LogP contribution in [0.2, 0.25) is 0 Å². The van der Waals surface area contributed by atoms with Crippen molar-refractivity contribution < 1.29 is 23.9 Å². The van der Waals surface area contributed by atoms with Gasteiger partial charge in [0.15, 0.2) is 6.61 Å². The number of ether oxygens (including phenoxy) is 2. The van der Waals surface area contributed by atoms with Gasteiger partial charge in [0, 0.05) is 12.2 Å². The van der Waals surface area contributed by atoms with E-state index in [-0.39, 0.29) is 0 Å². The quantitative estimate of drug-likeness (QED) is 0.833. The average molecular weight is 362 g/mol. The lowest BCUT2D eigenvalue weighted by atomic mass is 10.2. The summed E-state index contributed by atoms with van der Waals surface area (Å²) in [7, 11) is 0. The Kier molecular flexibility index (Phi) is 6.23. The van der Waals surface area contributed by atoms with Crippen LogP contribution >= 0.6 is 0 Å². The molecule has 1 atom stereocenters. The van der Waals surface area contributed by atoms with Gasteiger partial charge in [-0.1, -0.05) is 18.2 Å². The van der Waals surface area contributed by atoms with Gasteiger partial charge in [0.2, 0.25) is 0 Å². The van der Waals surface area contributed by atoms with Gasteiger partial charge < -0.3 is 14.8 Å². The van der Waals surface area contributed by atoms with Crippen LogP contribution in [0.4, 0.5) is 10.5 Å². The summed E-state index contributed by atoms with van der Waals surface area (Å²) in [4.78, 5) is 37.9. The average Bonchev–Trinajstić information content (AvgIpc) is 3.03. The Morgan fingerprint density at radius 3 is 2.58 bits per heavy atom. The molecule has 1 aliphatic rings. The predicted molar refractivity (Wildman–Crippen MR) is 96.7 cm³/mol. The Morgan fingerprint density at radius 2 is 1.92 bits per heavy atom. The first kappa shape index (κ1) is 19.8. The Labute approximate surface area is 153 Å². The number of likely N-dealkylation sites (tertiary alicyclic amines) is 1. The Bertz CT molecular complexity index is 681. The lowest BCUT2D eigenvalue weighted by molar-refractivity contribution is -0.151.